The van der Waals surface area contributed by atoms with Crippen molar-refractivity contribution in [2.45, 2.75) is 39.5 Å². The number of carbonyl (C=O) groups excluding carboxylic acids is 1. The second-order valence-electron chi connectivity index (χ2n) is 6.02. The van der Waals surface area contributed by atoms with Crippen LogP contribution >= 0.6 is 12.4 Å². The van der Waals surface area contributed by atoms with Crippen LogP contribution in [0.3, 0.4) is 0 Å². The predicted molar refractivity (Wildman–Crippen MR) is 77.0 cm³/mol. The maximum atomic E-state index is 12.1. The molecule has 2 rings (SSSR count). The Labute approximate surface area is 117 Å². The Kier molecular flexibility index (Phi) is 6.44. The zero-order valence-electron chi connectivity index (χ0n) is 11.7. The zero-order chi connectivity index (χ0) is 12.3. The molecule has 3 unspecified atom stereocenters. The van der Waals surface area contributed by atoms with Gasteiger partial charge in [-0.3, -0.25) is 4.79 Å². The Balaban J connectivity index is 0.00000162. The van der Waals surface area contributed by atoms with Gasteiger partial charge in [-0.1, -0.05) is 13.8 Å². The molecular formula is C14H27ClN2O. The molecule has 0 aliphatic carbocycles. The highest BCUT2D eigenvalue weighted by atomic mass is 35.5. The van der Waals surface area contributed by atoms with E-state index in [2.05, 4.69) is 24.1 Å². The minimum Gasteiger partial charge on any atom is -0.342 e. The van der Waals surface area contributed by atoms with Gasteiger partial charge in [0.25, 0.3) is 0 Å². The summed E-state index contributed by atoms with van der Waals surface area (Å²) in [6.45, 7) is 8.70. The van der Waals surface area contributed by atoms with Crippen molar-refractivity contribution in [3.63, 3.8) is 0 Å². The van der Waals surface area contributed by atoms with Gasteiger partial charge in [-0.25, -0.2) is 0 Å². The molecule has 106 valence electrons. The Morgan fingerprint density at radius 3 is 2.78 bits per heavy atom. The van der Waals surface area contributed by atoms with Gasteiger partial charge in [0.05, 0.1) is 0 Å². The highest BCUT2D eigenvalue weighted by Crippen LogP contribution is 2.24. The van der Waals surface area contributed by atoms with Gasteiger partial charge in [0.2, 0.25) is 5.91 Å². The van der Waals surface area contributed by atoms with Gasteiger partial charge in [-0.2, -0.15) is 0 Å². The number of carbonyl (C=O) groups is 1. The number of hydrogen-bond acceptors (Lipinski definition) is 2. The van der Waals surface area contributed by atoms with E-state index in [-0.39, 0.29) is 12.4 Å². The highest BCUT2D eigenvalue weighted by Gasteiger charge is 2.27. The molecule has 18 heavy (non-hydrogen) atoms. The molecule has 0 aromatic heterocycles. The molecule has 4 heteroatoms. The van der Waals surface area contributed by atoms with Gasteiger partial charge in [-0.15, -0.1) is 12.4 Å². The van der Waals surface area contributed by atoms with E-state index in [1.54, 1.807) is 0 Å². The van der Waals surface area contributed by atoms with E-state index in [1.165, 1.54) is 19.3 Å². The number of likely N-dealkylation sites (tertiary alicyclic amines) is 1. The average Bonchev–Trinajstić information content (AvgIpc) is 2.77. The first-order valence-corrected chi connectivity index (χ1v) is 7.15. The second-order valence-corrected chi connectivity index (χ2v) is 6.02. The molecule has 1 N–H and O–H groups in total. The molecule has 2 aliphatic rings. The van der Waals surface area contributed by atoms with E-state index < -0.39 is 0 Å². The van der Waals surface area contributed by atoms with Crippen LogP contribution in [0.15, 0.2) is 0 Å². The van der Waals surface area contributed by atoms with Crippen molar-refractivity contribution in [1.29, 1.82) is 0 Å². The predicted octanol–water partition coefficient (Wildman–Crippen LogP) is 2.30. The number of hydrogen-bond donors (Lipinski definition) is 1. The summed E-state index contributed by atoms with van der Waals surface area (Å²) < 4.78 is 0. The summed E-state index contributed by atoms with van der Waals surface area (Å²) in [7, 11) is 0. The van der Waals surface area contributed by atoms with Crippen LogP contribution in [0, 0.1) is 17.8 Å². The third kappa shape index (κ3) is 4.13. The van der Waals surface area contributed by atoms with Crippen LogP contribution in [0.5, 0.6) is 0 Å². The topological polar surface area (TPSA) is 32.3 Å². The van der Waals surface area contributed by atoms with Gasteiger partial charge < -0.3 is 10.2 Å². The van der Waals surface area contributed by atoms with Crippen molar-refractivity contribution >= 4 is 18.3 Å². The molecule has 3 nitrogen and oxygen atoms in total. The van der Waals surface area contributed by atoms with Crippen LogP contribution in [0.4, 0.5) is 0 Å². The molecule has 0 radical (unpaired) electrons. The fourth-order valence-corrected chi connectivity index (χ4v) is 3.10. The third-order valence-corrected chi connectivity index (χ3v) is 4.41. The Morgan fingerprint density at radius 2 is 2.22 bits per heavy atom. The van der Waals surface area contributed by atoms with Crippen LogP contribution in [-0.2, 0) is 4.79 Å². The highest BCUT2D eigenvalue weighted by molar-refractivity contribution is 5.85. The van der Waals surface area contributed by atoms with Gasteiger partial charge in [0.15, 0.2) is 0 Å². The van der Waals surface area contributed by atoms with Crippen LogP contribution < -0.4 is 5.32 Å². The molecule has 2 heterocycles. The molecular weight excluding hydrogens is 248 g/mol. The normalized spacial score (nSPS) is 29.8. The van der Waals surface area contributed by atoms with E-state index in [9.17, 15) is 4.79 Å². The van der Waals surface area contributed by atoms with Crippen molar-refractivity contribution in [3.8, 4) is 0 Å². The van der Waals surface area contributed by atoms with Gasteiger partial charge in [-0.05, 0) is 50.1 Å². The summed E-state index contributed by atoms with van der Waals surface area (Å²) in [5.41, 5.74) is 0. The van der Waals surface area contributed by atoms with Crippen molar-refractivity contribution < 1.29 is 4.79 Å². The van der Waals surface area contributed by atoms with Gasteiger partial charge in [0.1, 0.15) is 0 Å². The van der Waals surface area contributed by atoms with Gasteiger partial charge in [0, 0.05) is 19.5 Å². The first kappa shape index (κ1) is 15.8. The summed E-state index contributed by atoms with van der Waals surface area (Å²) in [4.78, 5) is 14.2. The molecule has 0 saturated carbocycles. The maximum Gasteiger partial charge on any atom is 0.222 e. The number of amides is 1. The lowest BCUT2D eigenvalue weighted by Crippen LogP contribution is -2.36. The molecule has 0 spiro atoms. The molecule has 0 aromatic rings. The van der Waals surface area contributed by atoms with Gasteiger partial charge >= 0.3 is 0 Å². The number of rotatable bonds is 3. The summed E-state index contributed by atoms with van der Waals surface area (Å²) in [5.74, 6) is 2.32. The summed E-state index contributed by atoms with van der Waals surface area (Å²) in [5, 5.41) is 3.44. The third-order valence-electron chi connectivity index (χ3n) is 4.41. The first-order chi connectivity index (χ1) is 8.16. The monoisotopic (exact) mass is 274 g/mol. The lowest BCUT2D eigenvalue weighted by Gasteiger charge is -2.29. The average molecular weight is 275 g/mol. The molecule has 2 aliphatic heterocycles. The van der Waals surface area contributed by atoms with E-state index in [1.807, 2.05) is 0 Å². The summed E-state index contributed by atoms with van der Waals surface area (Å²) >= 11 is 0. The molecule has 3 atom stereocenters. The fraction of sp³-hybridized carbons (Fsp3) is 0.929. The molecule has 1 amide bonds. The Hall–Kier alpha value is -0.280. The second kappa shape index (κ2) is 7.34. The molecule has 2 saturated heterocycles. The van der Waals surface area contributed by atoms with E-state index >= 15 is 0 Å². The van der Waals surface area contributed by atoms with Crippen LogP contribution in [-0.4, -0.2) is 37.0 Å². The minimum atomic E-state index is 0. The lowest BCUT2D eigenvalue weighted by molar-refractivity contribution is -0.131. The maximum absolute atomic E-state index is 12.1. The smallest absolute Gasteiger partial charge is 0.222 e. The lowest BCUT2D eigenvalue weighted by atomic mass is 9.85. The first-order valence-electron chi connectivity index (χ1n) is 7.15. The van der Waals surface area contributed by atoms with Crippen molar-refractivity contribution in [3.05, 3.63) is 0 Å². The number of piperidine rings is 1. The van der Waals surface area contributed by atoms with Crippen molar-refractivity contribution in [2.75, 3.05) is 26.2 Å². The Morgan fingerprint density at radius 1 is 1.44 bits per heavy atom. The molecule has 0 aromatic carbocycles. The fourth-order valence-electron chi connectivity index (χ4n) is 3.10. The zero-order valence-corrected chi connectivity index (χ0v) is 12.5. The number of halogens is 1. The SMILES string of the molecule is CC1CCN(C(=O)CC(C)C2CCCNC2)C1.Cl. The van der Waals surface area contributed by atoms with Crippen molar-refractivity contribution in [2.24, 2.45) is 17.8 Å². The molecule has 2 fully saturated rings. The minimum absolute atomic E-state index is 0. The van der Waals surface area contributed by atoms with E-state index in [0.29, 0.717) is 23.7 Å². The van der Waals surface area contributed by atoms with Crippen LogP contribution in [0.2, 0.25) is 0 Å². The largest absolute Gasteiger partial charge is 0.342 e. The number of nitrogens with one attached hydrogen (secondary N) is 1. The van der Waals surface area contributed by atoms with E-state index in [0.717, 1.165) is 32.6 Å². The standard InChI is InChI=1S/C14H26N2O.ClH/c1-11-5-7-16(10-11)14(17)8-12(2)13-4-3-6-15-9-13;/h11-13,15H,3-10H2,1-2H3;1H. The summed E-state index contributed by atoms with van der Waals surface area (Å²) in [6.07, 6.45) is 4.49. The quantitative estimate of drug-likeness (QED) is 0.857. The van der Waals surface area contributed by atoms with E-state index in [4.69, 9.17) is 0 Å². The van der Waals surface area contributed by atoms with Crippen molar-refractivity contribution in [1.82, 2.24) is 10.2 Å². The Bertz CT molecular complexity index is 267. The van der Waals surface area contributed by atoms with Crippen LogP contribution in [0.25, 0.3) is 0 Å². The molecule has 0 bridgehead atoms. The number of nitrogens with zero attached hydrogens (tertiary/aromatic N) is 1. The van der Waals surface area contributed by atoms with Crippen LogP contribution in [0.1, 0.15) is 39.5 Å². The summed E-state index contributed by atoms with van der Waals surface area (Å²) in [6, 6.07) is 0.